The van der Waals surface area contributed by atoms with Crippen LogP contribution >= 0.6 is 0 Å². The third-order valence-electron chi connectivity index (χ3n) is 6.16. The number of fused-ring (bicyclic) bond motifs is 3. The van der Waals surface area contributed by atoms with Crippen LogP contribution in [0.25, 0.3) is 0 Å². The lowest BCUT2D eigenvalue weighted by atomic mass is 9.89. The van der Waals surface area contributed by atoms with Crippen LogP contribution in [0.15, 0.2) is 10.5 Å². The fourth-order valence-corrected chi connectivity index (χ4v) is 4.66. The van der Waals surface area contributed by atoms with Gasteiger partial charge < -0.3 is 19.5 Å². The van der Waals surface area contributed by atoms with Crippen molar-refractivity contribution in [3.63, 3.8) is 0 Å². The molecule has 3 amide bonds. The van der Waals surface area contributed by atoms with Crippen molar-refractivity contribution in [2.75, 3.05) is 13.1 Å². The van der Waals surface area contributed by atoms with Crippen LogP contribution < -0.4 is 5.32 Å². The topological polar surface area (TPSA) is 82.9 Å². The zero-order valence-corrected chi connectivity index (χ0v) is 16.0. The molecule has 5 heterocycles. The molecule has 4 fully saturated rings. The number of furan rings is 1. The third kappa shape index (κ3) is 3.24. The summed E-state index contributed by atoms with van der Waals surface area (Å²) in [5.74, 6) is 1.13. The predicted molar refractivity (Wildman–Crippen MR) is 98.2 cm³/mol. The van der Waals surface area contributed by atoms with E-state index in [0.29, 0.717) is 31.7 Å². The van der Waals surface area contributed by atoms with Gasteiger partial charge in [-0.25, -0.2) is 0 Å². The van der Waals surface area contributed by atoms with Gasteiger partial charge >= 0.3 is 0 Å². The Balaban J connectivity index is 1.46. The van der Waals surface area contributed by atoms with E-state index in [-0.39, 0.29) is 29.8 Å². The zero-order chi connectivity index (χ0) is 19.1. The predicted octanol–water partition coefficient (Wildman–Crippen LogP) is 1.63. The smallest absolute Gasteiger partial charge is 0.289 e. The van der Waals surface area contributed by atoms with E-state index < -0.39 is 6.04 Å². The highest BCUT2D eigenvalue weighted by Gasteiger charge is 2.45. The Morgan fingerprint density at radius 2 is 1.89 bits per heavy atom. The van der Waals surface area contributed by atoms with Gasteiger partial charge in [0.1, 0.15) is 11.8 Å². The average Bonchev–Trinajstić information content (AvgIpc) is 3.07. The molecule has 2 bridgehead atoms. The largest absolute Gasteiger partial charge is 0.456 e. The number of carbonyl (C=O) groups excluding carboxylic acids is 3. The average molecular weight is 373 g/mol. The van der Waals surface area contributed by atoms with Crippen LogP contribution in [0.3, 0.4) is 0 Å². The Morgan fingerprint density at radius 3 is 2.48 bits per heavy atom. The molecule has 0 saturated carbocycles. The minimum Gasteiger partial charge on any atom is -0.456 e. The van der Waals surface area contributed by atoms with Crippen LogP contribution in [0.1, 0.15) is 60.9 Å². The van der Waals surface area contributed by atoms with Crippen molar-refractivity contribution in [2.45, 2.75) is 70.5 Å². The molecule has 146 valence electrons. The molecule has 0 radical (unpaired) electrons. The van der Waals surface area contributed by atoms with Crippen molar-refractivity contribution in [3.05, 3.63) is 23.2 Å². The van der Waals surface area contributed by atoms with E-state index in [1.807, 2.05) is 29.7 Å². The molecule has 1 N–H and O–H groups in total. The molecule has 0 aliphatic carbocycles. The van der Waals surface area contributed by atoms with Crippen LogP contribution in [0, 0.1) is 6.92 Å². The minimum atomic E-state index is -0.408. The van der Waals surface area contributed by atoms with Crippen molar-refractivity contribution in [3.8, 4) is 0 Å². The monoisotopic (exact) mass is 373 g/mol. The summed E-state index contributed by atoms with van der Waals surface area (Å²) < 4.78 is 5.75. The van der Waals surface area contributed by atoms with Gasteiger partial charge in [-0.15, -0.1) is 0 Å². The SMILES string of the molecule is CCc1oc(C(=O)N2CC3CCC2CN3C(=O)[C@H]2CCCC(=O)N2)cc1C. The Bertz CT molecular complexity index is 771. The summed E-state index contributed by atoms with van der Waals surface area (Å²) in [6, 6.07) is 1.45. The summed E-state index contributed by atoms with van der Waals surface area (Å²) in [6.07, 6.45) is 4.52. The number of carbonyl (C=O) groups is 3. The maximum absolute atomic E-state index is 13.0. The molecular formula is C20H27N3O4. The quantitative estimate of drug-likeness (QED) is 0.873. The number of hydrogen-bond acceptors (Lipinski definition) is 4. The first-order valence-electron chi connectivity index (χ1n) is 9.98. The molecule has 5 rings (SSSR count). The lowest BCUT2D eigenvalue weighted by molar-refractivity contribution is -0.145. The fourth-order valence-electron chi connectivity index (χ4n) is 4.66. The van der Waals surface area contributed by atoms with Crippen molar-refractivity contribution in [1.82, 2.24) is 15.1 Å². The van der Waals surface area contributed by atoms with Gasteiger partial charge in [0.2, 0.25) is 11.8 Å². The van der Waals surface area contributed by atoms with Gasteiger partial charge in [-0.1, -0.05) is 6.92 Å². The summed E-state index contributed by atoms with van der Waals surface area (Å²) >= 11 is 0. The summed E-state index contributed by atoms with van der Waals surface area (Å²) in [6.45, 7) is 5.05. The number of rotatable bonds is 3. The molecule has 27 heavy (non-hydrogen) atoms. The van der Waals surface area contributed by atoms with E-state index in [1.54, 1.807) is 0 Å². The number of nitrogens with zero attached hydrogens (tertiary/aromatic N) is 2. The normalized spacial score (nSPS) is 27.6. The highest BCUT2D eigenvalue weighted by Crippen LogP contribution is 2.31. The Kier molecular flexibility index (Phi) is 4.70. The minimum absolute atomic E-state index is 0.00645. The maximum Gasteiger partial charge on any atom is 0.289 e. The number of piperidine rings is 3. The van der Waals surface area contributed by atoms with E-state index in [0.717, 1.165) is 37.0 Å². The first kappa shape index (κ1) is 18.1. The molecule has 2 unspecified atom stereocenters. The van der Waals surface area contributed by atoms with Crippen molar-refractivity contribution in [2.24, 2.45) is 0 Å². The second-order valence-electron chi connectivity index (χ2n) is 7.92. The molecule has 1 aromatic rings. The standard InChI is InChI=1S/C20H27N3O4/c1-3-16-12(2)9-17(27-16)20(26)23-11-13-7-8-14(23)10-22(13)19(25)15-5-4-6-18(24)21-15/h9,13-15H,3-8,10-11H2,1-2H3,(H,21,24)/t13?,14?,15-/m1/s1. The molecule has 4 saturated heterocycles. The summed E-state index contributed by atoms with van der Waals surface area (Å²) in [5, 5.41) is 2.82. The highest BCUT2D eigenvalue weighted by atomic mass is 16.4. The van der Waals surface area contributed by atoms with Crippen LogP contribution in [0.2, 0.25) is 0 Å². The molecule has 0 aromatic carbocycles. The van der Waals surface area contributed by atoms with E-state index in [4.69, 9.17) is 4.42 Å². The van der Waals surface area contributed by atoms with Gasteiger partial charge in [0.05, 0.1) is 0 Å². The fraction of sp³-hybridized carbons (Fsp3) is 0.650. The van der Waals surface area contributed by atoms with Crippen LogP contribution in [0.5, 0.6) is 0 Å². The molecule has 3 atom stereocenters. The van der Waals surface area contributed by atoms with Gasteiger partial charge in [-0.3, -0.25) is 14.4 Å². The lowest BCUT2D eigenvalue weighted by Gasteiger charge is -2.52. The van der Waals surface area contributed by atoms with Crippen molar-refractivity contribution < 1.29 is 18.8 Å². The number of piperazine rings is 1. The number of hydrogen-bond donors (Lipinski definition) is 1. The van der Waals surface area contributed by atoms with Crippen molar-refractivity contribution in [1.29, 1.82) is 0 Å². The first-order chi connectivity index (χ1) is 13.0. The van der Waals surface area contributed by atoms with Gasteiger partial charge in [0.15, 0.2) is 5.76 Å². The van der Waals surface area contributed by atoms with E-state index in [1.165, 1.54) is 0 Å². The summed E-state index contributed by atoms with van der Waals surface area (Å²) in [5.41, 5.74) is 1.01. The first-order valence-corrected chi connectivity index (χ1v) is 9.98. The van der Waals surface area contributed by atoms with Crippen LogP contribution in [-0.4, -0.2) is 58.7 Å². The number of nitrogens with one attached hydrogen (secondary N) is 1. The third-order valence-corrected chi connectivity index (χ3v) is 6.16. The van der Waals surface area contributed by atoms with Crippen molar-refractivity contribution >= 4 is 17.7 Å². The van der Waals surface area contributed by atoms with E-state index >= 15 is 0 Å². The molecule has 0 spiro atoms. The van der Waals surface area contributed by atoms with Gasteiger partial charge in [0.25, 0.3) is 5.91 Å². The molecular weight excluding hydrogens is 346 g/mol. The molecule has 7 heteroatoms. The molecule has 1 aromatic heterocycles. The summed E-state index contributed by atoms with van der Waals surface area (Å²) in [7, 11) is 0. The van der Waals surface area contributed by atoms with E-state index in [9.17, 15) is 14.4 Å². The molecule has 7 nitrogen and oxygen atoms in total. The van der Waals surface area contributed by atoms with Gasteiger partial charge in [-0.2, -0.15) is 0 Å². The second-order valence-corrected chi connectivity index (χ2v) is 7.92. The highest BCUT2D eigenvalue weighted by molar-refractivity contribution is 5.93. The number of amides is 3. The van der Waals surface area contributed by atoms with Gasteiger partial charge in [-0.05, 0) is 44.2 Å². The van der Waals surface area contributed by atoms with Crippen LogP contribution in [-0.2, 0) is 16.0 Å². The zero-order valence-electron chi connectivity index (χ0n) is 16.0. The maximum atomic E-state index is 13.0. The Labute approximate surface area is 159 Å². The number of aryl methyl sites for hydroxylation is 2. The Morgan fingerprint density at radius 1 is 1.19 bits per heavy atom. The second kappa shape index (κ2) is 7.02. The summed E-state index contributed by atoms with van der Waals surface area (Å²) in [4.78, 5) is 41.3. The Hall–Kier alpha value is -2.31. The van der Waals surface area contributed by atoms with Gasteiger partial charge in [0, 0.05) is 38.0 Å². The van der Waals surface area contributed by atoms with Crippen LogP contribution in [0.4, 0.5) is 0 Å². The van der Waals surface area contributed by atoms with E-state index in [2.05, 4.69) is 5.32 Å². The molecule has 4 aliphatic rings. The lowest BCUT2D eigenvalue weighted by Crippen LogP contribution is -2.67. The molecule has 4 aliphatic heterocycles.